The number of hydrogen-bond acceptors (Lipinski definition) is 5. The molecule has 0 spiro atoms. The SMILES string of the molecule is CN(CC(=O)NCc1ccc(C(=N)N)cc1)C(=O)[C@@H](/C=C/c1ccccc1)NS(=O)(=O)Cc1ccccc1. The van der Waals surface area contributed by atoms with Gasteiger partial charge >= 0.3 is 0 Å². The second-order valence-electron chi connectivity index (χ2n) is 8.69. The van der Waals surface area contributed by atoms with Crippen LogP contribution in [0.5, 0.6) is 0 Å². The molecule has 0 aliphatic rings. The Morgan fingerprint density at radius 2 is 1.55 bits per heavy atom. The van der Waals surface area contributed by atoms with E-state index in [1.165, 1.54) is 18.0 Å². The van der Waals surface area contributed by atoms with E-state index < -0.39 is 27.9 Å². The van der Waals surface area contributed by atoms with Crippen molar-refractivity contribution in [1.82, 2.24) is 14.9 Å². The molecule has 38 heavy (non-hydrogen) atoms. The van der Waals surface area contributed by atoms with Crippen LogP contribution in [0.15, 0.2) is 91.0 Å². The van der Waals surface area contributed by atoms with Gasteiger partial charge in [0.15, 0.2) is 0 Å². The normalized spacial score (nSPS) is 12.1. The quantitative estimate of drug-likeness (QED) is 0.208. The number of likely N-dealkylation sites (N-methyl/N-ethyl adjacent to an activating group) is 1. The molecule has 0 aliphatic carbocycles. The molecule has 0 aromatic heterocycles. The molecule has 0 heterocycles. The fourth-order valence-corrected chi connectivity index (χ4v) is 4.84. The second kappa shape index (κ2) is 13.3. The van der Waals surface area contributed by atoms with Crippen LogP contribution < -0.4 is 15.8 Å². The van der Waals surface area contributed by atoms with Crippen molar-refractivity contribution in [2.45, 2.75) is 18.3 Å². The van der Waals surface area contributed by atoms with E-state index in [9.17, 15) is 18.0 Å². The molecule has 9 nitrogen and oxygen atoms in total. The van der Waals surface area contributed by atoms with Gasteiger partial charge in [-0.05, 0) is 16.7 Å². The average molecular weight is 534 g/mol. The number of sulfonamides is 1. The maximum Gasteiger partial charge on any atom is 0.244 e. The van der Waals surface area contributed by atoms with Gasteiger partial charge in [0.1, 0.15) is 11.9 Å². The van der Waals surface area contributed by atoms with Crippen LogP contribution >= 0.6 is 0 Å². The zero-order chi connectivity index (χ0) is 27.5. The summed E-state index contributed by atoms with van der Waals surface area (Å²) in [5.41, 5.74) is 8.21. The first-order valence-electron chi connectivity index (χ1n) is 11.8. The molecular formula is C28H31N5O4S. The molecule has 0 saturated heterocycles. The fraction of sp³-hybridized carbons (Fsp3) is 0.179. The number of carbonyl (C=O) groups excluding carboxylic acids is 2. The summed E-state index contributed by atoms with van der Waals surface area (Å²) in [5.74, 6) is -1.32. The molecule has 10 heteroatoms. The first-order chi connectivity index (χ1) is 18.1. The smallest absolute Gasteiger partial charge is 0.244 e. The van der Waals surface area contributed by atoms with Crippen molar-refractivity contribution in [1.29, 1.82) is 5.41 Å². The van der Waals surface area contributed by atoms with Gasteiger partial charge in [-0.15, -0.1) is 0 Å². The van der Waals surface area contributed by atoms with Crippen molar-refractivity contribution in [3.8, 4) is 0 Å². The van der Waals surface area contributed by atoms with E-state index in [4.69, 9.17) is 11.1 Å². The molecule has 0 saturated carbocycles. The number of nitrogen functional groups attached to an aromatic ring is 1. The van der Waals surface area contributed by atoms with Crippen molar-refractivity contribution < 1.29 is 18.0 Å². The Morgan fingerprint density at radius 3 is 2.16 bits per heavy atom. The van der Waals surface area contributed by atoms with Crippen molar-refractivity contribution in [3.05, 3.63) is 113 Å². The molecule has 2 amide bonds. The lowest BCUT2D eigenvalue weighted by Gasteiger charge is -2.22. The maximum atomic E-state index is 13.2. The summed E-state index contributed by atoms with van der Waals surface area (Å²) in [5, 5.41) is 10.2. The van der Waals surface area contributed by atoms with Gasteiger partial charge in [0.25, 0.3) is 0 Å². The highest BCUT2D eigenvalue weighted by Gasteiger charge is 2.26. The Morgan fingerprint density at radius 1 is 0.947 bits per heavy atom. The van der Waals surface area contributed by atoms with Crippen LogP contribution in [0.3, 0.4) is 0 Å². The summed E-state index contributed by atoms with van der Waals surface area (Å²) >= 11 is 0. The Kier molecular flexibility index (Phi) is 9.92. The van der Waals surface area contributed by atoms with Crippen molar-refractivity contribution >= 4 is 33.7 Å². The minimum absolute atomic E-state index is 0.0454. The number of nitrogens with two attached hydrogens (primary N) is 1. The van der Waals surface area contributed by atoms with Crippen LogP contribution in [-0.4, -0.2) is 50.6 Å². The molecule has 5 N–H and O–H groups in total. The lowest BCUT2D eigenvalue weighted by Crippen LogP contribution is -2.48. The largest absolute Gasteiger partial charge is 0.384 e. The topological polar surface area (TPSA) is 145 Å². The zero-order valence-electron chi connectivity index (χ0n) is 21.0. The number of nitrogens with one attached hydrogen (secondary N) is 3. The monoisotopic (exact) mass is 533 g/mol. The summed E-state index contributed by atoms with van der Waals surface area (Å²) in [7, 11) is -2.43. The van der Waals surface area contributed by atoms with Gasteiger partial charge in [0, 0.05) is 19.2 Å². The number of benzene rings is 3. The minimum Gasteiger partial charge on any atom is -0.384 e. The minimum atomic E-state index is -3.87. The average Bonchev–Trinajstić information content (AvgIpc) is 2.90. The predicted molar refractivity (Wildman–Crippen MR) is 148 cm³/mol. The summed E-state index contributed by atoms with van der Waals surface area (Å²) in [6.45, 7) is -0.0411. The third-order valence-electron chi connectivity index (χ3n) is 5.56. The molecule has 3 aromatic rings. The van der Waals surface area contributed by atoms with E-state index in [0.717, 1.165) is 11.1 Å². The van der Waals surface area contributed by atoms with Gasteiger partial charge in [0.2, 0.25) is 21.8 Å². The van der Waals surface area contributed by atoms with Crippen molar-refractivity contribution in [2.24, 2.45) is 5.73 Å². The lowest BCUT2D eigenvalue weighted by molar-refractivity contribution is -0.135. The van der Waals surface area contributed by atoms with E-state index in [2.05, 4.69) is 10.0 Å². The van der Waals surface area contributed by atoms with Crippen LogP contribution in [0.4, 0.5) is 0 Å². The molecule has 0 bridgehead atoms. The predicted octanol–water partition coefficient (Wildman–Crippen LogP) is 2.25. The summed E-state index contributed by atoms with van der Waals surface area (Å²) in [6.07, 6.45) is 3.14. The van der Waals surface area contributed by atoms with Crippen LogP contribution in [0, 0.1) is 5.41 Å². The van der Waals surface area contributed by atoms with E-state index in [1.807, 2.05) is 30.3 Å². The van der Waals surface area contributed by atoms with Crippen molar-refractivity contribution in [2.75, 3.05) is 13.6 Å². The lowest BCUT2D eigenvalue weighted by atomic mass is 10.1. The molecule has 0 fully saturated rings. The van der Waals surface area contributed by atoms with Crippen molar-refractivity contribution in [3.63, 3.8) is 0 Å². The van der Waals surface area contributed by atoms with E-state index >= 15 is 0 Å². The first kappa shape index (κ1) is 28.3. The highest BCUT2D eigenvalue weighted by atomic mass is 32.2. The highest BCUT2D eigenvalue weighted by Crippen LogP contribution is 2.09. The molecule has 0 radical (unpaired) electrons. The highest BCUT2D eigenvalue weighted by molar-refractivity contribution is 7.88. The zero-order valence-corrected chi connectivity index (χ0v) is 21.8. The number of amides is 2. The van der Waals surface area contributed by atoms with Gasteiger partial charge in [-0.25, -0.2) is 8.42 Å². The molecule has 0 unspecified atom stereocenters. The molecule has 0 aliphatic heterocycles. The Bertz CT molecular complexity index is 1380. The summed E-state index contributed by atoms with van der Waals surface area (Å²) in [4.78, 5) is 26.9. The Hall–Kier alpha value is -4.28. The fourth-order valence-electron chi connectivity index (χ4n) is 3.56. The van der Waals surface area contributed by atoms with Crippen LogP contribution in [0.25, 0.3) is 6.08 Å². The molecule has 1 atom stereocenters. The second-order valence-corrected chi connectivity index (χ2v) is 10.4. The summed E-state index contributed by atoms with van der Waals surface area (Å²) < 4.78 is 28.2. The molecule has 198 valence electrons. The van der Waals surface area contributed by atoms with Crippen LogP contribution in [-0.2, 0) is 31.9 Å². The number of carbonyl (C=O) groups is 2. The van der Waals surface area contributed by atoms with E-state index in [-0.39, 0.29) is 24.7 Å². The molecular weight excluding hydrogens is 502 g/mol. The van der Waals surface area contributed by atoms with Crippen LogP contribution in [0.2, 0.25) is 0 Å². The first-order valence-corrected chi connectivity index (χ1v) is 13.5. The molecule has 3 rings (SSSR count). The maximum absolute atomic E-state index is 13.2. The number of amidine groups is 1. The van der Waals surface area contributed by atoms with Crippen LogP contribution in [0.1, 0.15) is 22.3 Å². The number of rotatable bonds is 12. The van der Waals surface area contributed by atoms with E-state index in [0.29, 0.717) is 11.1 Å². The van der Waals surface area contributed by atoms with Gasteiger partial charge in [-0.3, -0.25) is 15.0 Å². The Balaban J connectivity index is 1.67. The standard InChI is InChI=1S/C28H31N5O4S/c1-33(19-26(34)31-18-22-12-15-24(16-13-22)27(29)30)28(35)25(17-14-21-8-4-2-5-9-21)32-38(36,37)20-23-10-6-3-7-11-23/h2-17,25,32H,18-20H2,1H3,(H3,29,30)(H,31,34)/b17-14+/t25-/m1/s1. The van der Waals surface area contributed by atoms with Gasteiger partial charge in [-0.1, -0.05) is 97.1 Å². The van der Waals surface area contributed by atoms with Gasteiger partial charge < -0.3 is 16.0 Å². The van der Waals surface area contributed by atoms with Gasteiger partial charge in [0.05, 0.1) is 12.3 Å². The third-order valence-corrected chi connectivity index (χ3v) is 6.89. The number of nitrogens with zero attached hydrogens (tertiary/aromatic N) is 1. The Labute approximate surface area is 222 Å². The number of hydrogen-bond donors (Lipinski definition) is 4. The van der Waals surface area contributed by atoms with E-state index in [1.54, 1.807) is 60.7 Å². The summed E-state index contributed by atoms with van der Waals surface area (Å²) in [6, 6.07) is 23.5. The molecule has 3 aromatic carbocycles. The third kappa shape index (κ3) is 8.99. The van der Waals surface area contributed by atoms with Gasteiger partial charge in [-0.2, -0.15) is 4.72 Å².